The average Bonchev–Trinajstić information content (AvgIpc) is 2.99. The van der Waals surface area contributed by atoms with E-state index in [-0.39, 0.29) is 17.8 Å². The first-order valence-corrected chi connectivity index (χ1v) is 9.77. The molecule has 0 spiro atoms. The number of carbonyl (C=O) groups excluding carboxylic acids is 1. The minimum absolute atomic E-state index is 0.146. The first-order valence-electron chi connectivity index (χ1n) is 9.77. The SMILES string of the molecule is Cc1ccc2c(c1)c1c3n2CCN(C(=O)Cc2ccc(F)cc2)C3CCC1. The normalized spacial score (nSPS) is 18.6. The molecular formula is C23H23FN2O. The van der Waals surface area contributed by atoms with Crippen molar-refractivity contribution >= 4 is 16.8 Å². The van der Waals surface area contributed by atoms with Gasteiger partial charge in [0.2, 0.25) is 5.91 Å². The van der Waals surface area contributed by atoms with Gasteiger partial charge in [-0.3, -0.25) is 4.79 Å². The highest BCUT2D eigenvalue weighted by Crippen LogP contribution is 2.42. The van der Waals surface area contributed by atoms with Gasteiger partial charge in [0.1, 0.15) is 5.82 Å². The van der Waals surface area contributed by atoms with Crippen molar-refractivity contribution in [2.24, 2.45) is 0 Å². The van der Waals surface area contributed by atoms with Crippen LogP contribution in [0.5, 0.6) is 0 Å². The van der Waals surface area contributed by atoms with Crippen LogP contribution >= 0.6 is 0 Å². The van der Waals surface area contributed by atoms with Gasteiger partial charge in [-0.1, -0.05) is 23.8 Å². The minimum Gasteiger partial charge on any atom is -0.341 e. The molecule has 138 valence electrons. The van der Waals surface area contributed by atoms with Crippen LogP contribution in [0.1, 0.15) is 41.3 Å². The number of hydrogen-bond acceptors (Lipinski definition) is 1. The number of aryl methyl sites for hydroxylation is 2. The Morgan fingerprint density at radius 2 is 1.96 bits per heavy atom. The van der Waals surface area contributed by atoms with E-state index in [4.69, 9.17) is 0 Å². The Morgan fingerprint density at radius 3 is 2.78 bits per heavy atom. The maximum Gasteiger partial charge on any atom is 0.227 e. The molecule has 3 nitrogen and oxygen atoms in total. The van der Waals surface area contributed by atoms with E-state index >= 15 is 0 Å². The van der Waals surface area contributed by atoms with Gasteiger partial charge in [0.05, 0.1) is 12.5 Å². The molecule has 1 unspecified atom stereocenters. The van der Waals surface area contributed by atoms with Crippen LogP contribution in [-0.2, 0) is 24.2 Å². The lowest BCUT2D eigenvalue weighted by Gasteiger charge is -2.40. The second-order valence-corrected chi connectivity index (χ2v) is 7.83. The summed E-state index contributed by atoms with van der Waals surface area (Å²) in [5, 5.41) is 1.36. The molecule has 2 heterocycles. The number of fused-ring (bicyclic) bond motifs is 3. The van der Waals surface area contributed by atoms with Crippen molar-refractivity contribution in [1.82, 2.24) is 9.47 Å². The summed E-state index contributed by atoms with van der Waals surface area (Å²) in [6, 6.07) is 13.2. The Morgan fingerprint density at radius 1 is 1.15 bits per heavy atom. The topological polar surface area (TPSA) is 25.2 Å². The second kappa shape index (κ2) is 6.22. The van der Waals surface area contributed by atoms with Gasteiger partial charge in [0.25, 0.3) is 0 Å². The van der Waals surface area contributed by atoms with Crippen LogP contribution in [0.3, 0.4) is 0 Å². The summed E-state index contributed by atoms with van der Waals surface area (Å²) in [7, 11) is 0. The number of carbonyl (C=O) groups is 1. The molecule has 0 saturated heterocycles. The number of amides is 1. The number of hydrogen-bond donors (Lipinski definition) is 0. The first kappa shape index (κ1) is 16.5. The Labute approximate surface area is 158 Å². The van der Waals surface area contributed by atoms with Crippen LogP contribution in [0.4, 0.5) is 4.39 Å². The number of aromatic nitrogens is 1. The summed E-state index contributed by atoms with van der Waals surface area (Å²) in [6.07, 6.45) is 3.58. The quantitative estimate of drug-likeness (QED) is 0.656. The van der Waals surface area contributed by atoms with Gasteiger partial charge in [-0.25, -0.2) is 4.39 Å². The zero-order chi connectivity index (χ0) is 18.5. The van der Waals surface area contributed by atoms with Crippen molar-refractivity contribution in [2.75, 3.05) is 6.54 Å². The van der Waals surface area contributed by atoms with Crippen LogP contribution in [0.2, 0.25) is 0 Å². The van der Waals surface area contributed by atoms with E-state index in [9.17, 15) is 9.18 Å². The summed E-state index contributed by atoms with van der Waals surface area (Å²) < 4.78 is 15.6. The van der Waals surface area contributed by atoms with E-state index in [0.29, 0.717) is 6.42 Å². The molecule has 0 N–H and O–H groups in total. The largest absolute Gasteiger partial charge is 0.341 e. The fraction of sp³-hybridized carbons (Fsp3) is 0.348. The lowest BCUT2D eigenvalue weighted by Crippen LogP contribution is -2.44. The summed E-state index contributed by atoms with van der Waals surface area (Å²) in [5.41, 5.74) is 6.25. The Kier molecular flexibility index (Phi) is 3.81. The predicted molar refractivity (Wildman–Crippen MR) is 104 cm³/mol. The fourth-order valence-electron chi connectivity index (χ4n) is 4.90. The summed E-state index contributed by atoms with van der Waals surface area (Å²) in [4.78, 5) is 15.1. The molecule has 27 heavy (non-hydrogen) atoms. The molecule has 4 heteroatoms. The standard InChI is InChI=1S/C23H23FN2O/c1-15-5-10-20-19(13-15)18-3-2-4-21-23(18)26(20)12-11-25(21)22(27)14-16-6-8-17(24)9-7-16/h5-10,13,21H,2-4,11-12,14H2,1H3. The Bertz CT molecular complexity index is 1030. The van der Waals surface area contributed by atoms with Gasteiger partial charge >= 0.3 is 0 Å². The van der Waals surface area contributed by atoms with E-state index in [1.807, 2.05) is 0 Å². The third kappa shape index (κ3) is 2.66. The molecule has 0 radical (unpaired) electrons. The fourth-order valence-corrected chi connectivity index (χ4v) is 4.90. The highest BCUT2D eigenvalue weighted by molar-refractivity contribution is 5.88. The molecule has 0 saturated carbocycles. The van der Waals surface area contributed by atoms with Crippen molar-refractivity contribution in [3.63, 3.8) is 0 Å². The second-order valence-electron chi connectivity index (χ2n) is 7.83. The summed E-state index contributed by atoms with van der Waals surface area (Å²) in [6.45, 7) is 3.73. The minimum atomic E-state index is -0.263. The monoisotopic (exact) mass is 362 g/mol. The molecule has 1 amide bonds. The van der Waals surface area contributed by atoms with E-state index < -0.39 is 0 Å². The lowest BCUT2D eigenvalue weighted by atomic mass is 9.89. The number of rotatable bonds is 2. The molecule has 2 aromatic carbocycles. The lowest BCUT2D eigenvalue weighted by molar-refractivity contribution is -0.134. The van der Waals surface area contributed by atoms with Crippen LogP contribution in [0.25, 0.3) is 10.9 Å². The van der Waals surface area contributed by atoms with Gasteiger partial charge in [-0.15, -0.1) is 0 Å². The summed E-state index contributed by atoms with van der Waals surface area (Å²) >= 11 is 0. The highest BCUT2D eigenvalue weighted by Gasteiger charge is 2.36. The van der Waals surface area contributed by atoms with Crippen molar-refractivity contribution < 1.29 is 9.18 Å². The first-order chi connectivity index (χ1) is 13.1. The average molecular weight is 362 g/mol. The van der Waals surface area contributed by atoms with Gasteiger partial charge in [0, 0.05) is 29.7 Å². The van der Waals surface area contributed by atoms with E-state index in [0.717, 1.165) is 37.9 Å². The van der Waals surface area contributed by atoms with Gasteiger partial charge < -0.3 is 9.47 Å². The zero-order valence-electron chi connectivity index (χ0n) is 15.5. The third-order valence-corrected chi connectivity index (χ3v) is 6.12. The molecule has 3 aromatic rings. The molecule has 2 aliphatic rings. The van der Waals surface area contributed by atoms with Gasteiger partial charge in [-0.2, -0.15) is 0 Å². The van der Waals surface area contributed by atoms with Crippen molar-refractivity contribution in [2.45, 2.75) is 45.2 Å². The molecule has 5 rings (SSSR count). The smallest absolute Gasteiger partial charge is 0.227 e. The van der Waals surface area contributed by atoms with Crippen molar-refractivity contribution in [3.05, 3.63) is 70.7 Å². The van der Waals surface area contributed by atoms with Crippen LogP contribution < -0.4 is 0 Å². The molecule has 0 fully saturated rings. The molecular weight excluding hydrogens is 339 g/mol. The van der Waals surface area contributed by atoms with Gasteiger partial charge in [-0.05, 0) is 61.6 Å². The van der Waals surface area contributed by atoms with E-state index in [1.165, 1.54) is 39.9 Å². The Hall–Kier alpha value is -2.62. The number of benzene rings is 2. The van der Waals surface area contributed by atoms with Crippen LogP contribution in [0.15, 0.2) is 42.5 Å². The van der Waals surface area contributed by atoms with Crippen molar-refractivity contribution in [3.8, 4) is 0 Å². The van der Waals surface area contributed by atoms with Gasteiger partial charge in [0.15, 0.2) is 0 Å². The zero-order valence-corrected chi connectivity index (χ0v) is 15.5. The number of nitrogens with zero attached hydrogens (tertiary/aromatic N) is 2. The van der Waals surface area contributed by atoms with Crippen molar-refractivity contribution in [1.29, 1.82) is 0 Å². The third-order valence-electron chi connectivity index (χ3n) is 6.12. The van der Waals surface area contributed by atoms with Crippen LogP contribution in [0, 0.1) is 12.7 Å². The maximum atomic E-state index is 13.1. The molecule has 1 aromatic heterocycles. The van der Waals surface area contributed by atoms with E-state index in [2.05, 4.69) is 34.6 Å². The van der Waals surface area contributed by atoms with Crippen LogP contribution in [-0.4, -0.2) is 21.9 Å². The number of halogens is 1. The maximum absolute atomic E-state index is 13.1. The summed E-state index contributed by atoms with van der Waals surface area (Å²) in [5.74, 6) is -0.118. The molecule has 0 bridgehead atoms. The molecule has 1 aliphatic heterocycles. The highest BCUT2D eigenvalue weighted by atomic mass is 19.1. The van der Waals surface area contributed by atoms with E-state index in [1.54, 1.807) is 12.1 Å². The molecule has 1 atom stereocenters. The molecule has 1 aliphatic carbocycles. The predicted octanol–water partition coefficient (Wildman–Crippen LogP) is 4.55. The Balaban J connectivity index is 1.51.